The third-order valence-electron chi connectivity index (χ3n) is 3.82. The van der Waals surface area contributed by atoms with E-state index in [0.717, 1.165) is 17.0 Å². The summed E-state index contributed by atoms with van der Waals surface area (Å²) < 4.78 is 5.14. The Bertz CT molecular complexity index is 669. The minimum absolute atomic E-state index is 0.0189. The molecule has 0 aliphatic heterocycles. The molecule has 0 atom stereocenters. The first-order chi connectivity index (χ1) is 11.5. The fourth-order valence-corrected chi connectivity index (χ4v) is 2.65. The fraction of sp³-hybridized carbons (Fsp3) is 0.400. The molecule has 1 aromatic carbocycles. The van der Waals surface area contributed by atoms with E-state index in [1.807, 2.05) is 54.3 Å². The molecule has 0 aliphatic rings. The monoisotopic (exact) mass is 326 g/mol. The molecule has 1 amide bonds. The highest BCUT2D eigenvalue weighted by atomic mass is 16.5. The molecule has 0 spiro atoms. The van der Waals surface area contributed by atoms with E-state index < -0.39 is 0 Å². The Morgan fingerprint density at radius 3 is 2.46 bits per heavy atom. The smallest absolute Gasteiger partial charge is 0.255 e. The lowest BCUT2D eigenvalue weighted by molar-refractivity contribution is 0.0671. The molecule has 24 heavy (non-hydrogen) atoms. The van der Waals surface area contributed by atoms with E-state index in [2.05, 4.69) is 18.8 Å². The summed E-state index contributed by atoms with van der Waals surface area (Å²) in [7, 11) is 1.65. The fourth-order valence-electron chi connectivity index (χ4n) is 2.65. The Hall–Kier alpha value is -2.20. The number of benzene rings is 1. The van der Waals surface area contributed by atoms with Gasteiger partial charge in [-0.25, -0.2) is 0 Å². The molecule has 4 nitrogen and oxygen atoms in total. The van der Waals surface area contributed by atoms with Gasteiger partial charge in [0.15, 0.2) is 0 Å². The van der Waals surface area contributed by atoms with Crippen molar-refractivity contribution in [2.45, 2.75) is 20.8 Å². The van der Waals surface area contributed by atoms with Crippen LogP contribution in [0, 0.1) is 12.8 Å². The number of methoxy groups -OCH3 is 1. The van der Waals surface area contributed by atoms with Crippen LogP contribution in [0.5, 0.6) is 0 Å². The van der Waals surface area contributed by atoms with Crippen molar-refractivity contribution in [3.05, 3.63) is 53.7 Å². The normalized spacial score (nSPS) is 10.9. The van der Waals surface area contributed by atoms with Crippen molar-refractivity contribution in [3.63, 3.8) is 0 Å². The Morgan fingerprint density at radius 1 is 1.17 bits per heavy atom. The van der Waals surface area contributed by atoms with Gasteiger partial charge in [-0.1, -0.05) is 44.2 Å². The van der Waals surface area contributed by atoms with Crippen molar-refractivity contribution in [1.82, 2.24) is 9.88 Å². The highest BCUT2D eigenvalue weighted by Gasteiger charge is 2.19. The molecule has 1 aromatic heterocycles. The lowest BCUT2D eigenvalue weighted by Crippen LogP contribution is -2.37. The number of ether oxygens (including phenoxy) is 1. The molecule has 0 fully saturated rings. The van der Waals surface area contributed by atoms with Crippen LogP contribution < -0.4 is 0 Å². The average molecular weight is 326 g/mol. The molecule has 0 unspecified atom stereocenters. The Labute approximate surface area is 144 Å². The second-order valence-electron chi connectivity index (χ2n) is 6.33. The van der Waals surface area contributed by atoms with E-state index in [9.17, 15) is 4.79 Å². The number of pyridine rings is 1. The lowest BCUT2D eigenvalue weighted by Gasteiger charge is -2.25. The molecule has 0 radical (unpaired) electrons. The number of aryl methyl sites for hydroxylation is 1. The van der Waals surface area contributed by atoms with Crippen LogP contribution in [0.2, 0.25) is 0 Å². The van der Waals surface area contributed by atoms with Gasteiger partial charge in [0.25, 0.3) is 5.91 Å². The molecule has 2 rings (SSSR count). The Kier molecular flexibility index (Phi) is 6.50. The van der Waals surface area contributed by atoms with Crippen molar-refractivity contribution in [3.8, 4) is 11.3 Å². The summed E-state index contributed by atoms with van der Waals surface area (Å²) in [6.07, 6.45) is 0. The van der Waals surface area contributed by atoms with E-state index >= 15 is 0 Å². The summed E-state index contributed by atoms with van der Waals surface area (Å²) in [5.41, 5.74) is 3.36. The summed E-state index contributed by atoms with van der Waals surface area (Å²) in [6.45, 7) is 7.94. The summed E-state index contributed by atoms with van der Waals surface area (Å²) in [5.74, 6) is 0.424. The van der Waals surface area contributed by atoms with Crippen LogP contribution in [0.15, 0.2) is 42.5 Å². The van der Waals surface area contributed by atoms with Gasteiger partial charge in [0, 0.05) is 25.8 Å². The van der Waals surface area contributed by atoms with Crippen LogP contribution in [0.25, 0.3) is 11.3 Å². The molecule has 1 heterocycles. The number of rotatable bonds is 7. The van der Waals surface area contributed by atoms with Gasteiger partial charge in [0.1, 0.15) is 0 Å². The minimum Gasteiger partial charge on any atom is -0.383 e. The molecule has 0 aliphatic carbocycles. The van der Waals surface area contributed by atoms with Crippen molar-refractivity contribution >= 4 is 5.91 Å². The highest BCUT2D eigenvalue weighted by molar-refractivity contribution is 5.95. The highest BCUT2D eigenvalue weighted by Crippen LogP contribution is 2.19. The molecule has 0 saturated carbocycles. The minimum atomic E-state index is 0.0189. The first-order valence-corrected chi connectivity index (χ1v) is 8.34. The van der Waals surface area contributed by atoms with Gasteiger partial charge >= 0.3 is 0 Å². The van der Waals surface area contributed by atoms with Crippen LogP contribution in [0.4, 0.5) is 0 Å². The third kappa shape index (κ3) is 4.65. The van der Waals surface area contributed by atoms with Gasteiger partial charge in [-0.05, 0) is 25.0 Å². The van der Waals surface area contributed by atoms with E-state index in [4.69, 9.17) is 4.74 Å². The second kappa shape index (κ2) is 8.60. The van der Waals surface area contributed by atoms with Gasteiger partial charge in [-0.2, -0.15) is 0 Å². The van der Waals surface area contributed by atoms with E-state index in [-0.39, 0.29) is 5.91 Å². The first-order valence-electron chi connectivity index (χ1n) is 8.34. The lowest BCUT2D eigenvalue weighted by atomic mass is 10.1. The molecule has 0 saturated heterocycles. The molecule has 4 heteroatoms. The quantitative estimate of drug-likeness (QED) is 0.777. The standard InChI is InChI=1S/C20H26N2O2/c1-15(2)14-22(12-13-24-4)20(23)18-10-11-19(21-16(18)3)17-8-6-5-7-9-17/h5-11,15H,12-14H2,1-4H3. The molecule has 0 N–H and O–H groups in total. The molecular weight excluding hydrogens is 300 g/mol. The number of nitrogens with zero attached hydrogens (tertiary/aromatic N) is 2. The maximum Gasteiger partial charge on any atom is 0.255 e. The second-order valence-corrected chi connectivity index (χ2v) is 6.33. The predicted octanol–water partition coefficient (Wildman–Crippen LogP) is 3.80. The van der Waals surface area contributed by atoms with E-state index in [1.165, 1.54) is 0 Å². The average Bonchev–Trinajstić information content (AvgIpc) is 2.58. The van der Waals surface area contributed by atoms with Crippen LogP contribution in [0.3, 0.4) is 0 Å². The number of carbonyl (C=O) groups is 1. The van der Waals surface area contributed by atoms with Crippen molar-refractivity contribution in [1.29, 1.82) is 0 Å². The van der Waals surface area contributed by atoms with Crippen LogP contribution in [0.1, 0.15) is 29.9 Å². The maximum absolute atomic E-state index is 12.9. The van der Waals surface area contributed by atoms with E-state index in [1.54, 1.807) is 7.11 Å². The predicted molar refractivity (Wildman–Crippen MR) is 97.0 cm³/mol. The summed E-state index contributed by atoms with van der Waals surface area (Å²) in [5, 5.41) is 0. The zero-order chi connectivity index (χ0) is 17.5. The van der Waals surface area contributed by atoms with Gasteiger partial charge < -0.3 is 9.64 Å². The van der Waals surface area contributed by atoms with Crippen molar-refractivity contribution < 1.29 is 9.53 Å². The summed E-state index contributed by atoms with van der Waals surface area (Å²) in [6, 6.07) is 13.8. The third-order valence-corrected chi connectivity index (χ3v) is 3.82. The molecule has 2 aromatic rings. The topological polar surface area (TPSA) is 42.4 Å². The Morgan fingerprint density at radius 2 is 1.88 bits per heavy atom. The summed E-state index contributed by atoms with van der Waals surface area (Å²) >= 11 is 0. The van der Waals surface area contributed by atoms with Crippen LogP contribution >= 0.6 is 0 Å². The molecule has 128 valence electrons. The van der Waals surface area contributed by atoms with Gasteiger partial charge in [0.05, 0.1) is 23.6 Å². The molecule has 0 bridgehead atoms. The number of hydrogen-bond donors (Lipinski definition) is 0. The van der Waals surface area contributed by atoms with Gasteiger partial charge in [0.2, 0.25) is 0 Å². The van der Waals surface area contributed by atoms with Crippen LogP contribution in [-0.2, 0) is 4.74 Å². The van der Waals surface area contributed by atoms with Gasteiger partial charge in [-0.3, -0.25) is 9.78 Å². The summed E-state index contributed by atoms with van der Waals surface area (Å²) in [4.78, 5) is 19.4. The van der Waals surface area contributed by atoms with Crippen molar-refractivity contribution in [2.75, 3.05) is 26.8 Å². The van der Waals surface area contributed by atoms with Gasteiger partial charge in [-0.15, -0.1) is 0 Å². The Balaban J connectivity index is 2.24. The zero-order valence-electron chi connectivity index (χ0n) is 15.0. The SMILES string of the molecule is COCCN(CC(C)C)C(=O)c1ccc(-c2ccccc2)nc1C. The first kappa shape index (κ1) is 18.1. The maximum atomic E-state index is 12.9. The number of amides is 1. The number of carbonyl (C=O) groups excluding carboxylic acids is 1. The van der Waals surface area contributed by atoms with Crippen LogP contribution in [-0.4, -0.2) is 42.6 Å². The van der Waals surface area contributed by atoms with Crippen molar-refractivity contribution in [2.24, 2.45) is 5.92 Å². The number of aromatic nitrogens is 1. The number of hydrogen-bond acceptors (Lipinski definition) is 3. The van der Waals surface area contributed by atoms with E-state index in [0.29, 0.717) is 31.2 Å². The molecular formula is C20H26N2O2. The largest absolute Gasteiger partial charge is 0.383 e. The zero-order valence-corrected chi connectivity index (χ0v) is 15.0.